The van der Waals surface area contributed by atoms with Crippen molar-refractivity contribution in [2.45, 2.75) is 82.8 Å². The molecule has 1 amide bonds. The maximum absolute atomic E-state index is 12.3. The van der Waals surface area contributed by atoms with Gasteiger partial charge in [-0.1, -0.05) is 36.4 Å². The third-order valence-corrected chi connectivity index (χ3v) is 6.47. The number of hydrogen-bond donors (Lipinski definition) is 2. The molecule has 3 aliphatic heterocycles. The van der Waals surface area contributed by atoms with Crippen LogP contribution >= 0.6 is 11.8 Å². The highest BCUT2D eigenvalue weighted by Crippen LogP contribution is 2.36. The van der Waals surface area contributed by atoms with E-state index in [-0.39, 0.29) is 23.7 Å². The molecule has 5 atom stereocenters. The fraction of sp³-hybridized carbons (Fsp3) is 0.714. The second-order valence-corrected chi connectivity index (χ2v) is 9.28. The van der Waals surface area contributed by atoms with Crippen molar-refractivity contribution in [3.05, 3.63) is 23.8 Å². The van der Waals surface area contributed by atoms with E-state index in [0.29, 0.717) is 24.5 Å². The van der Waals surface area contributed by atoms with E-state index in [1.54, 1.807) is 6.08 Å². The minimum absolute atomic E-state index is 0.150. The maximum atomic E-state index is 12.3. The van der Waals surface area contributed by atoms with Crippen LogP contribution in [0.25, 0.3) is 0 Å². The van der Waals surface area contributed by atoms with Crippen LogP contribution in [0.3, 0.4) is 0 Å². The van der Waals surface area contributed by atoms with E-state index in [4.69, 9.17) is 9.47 Å². The van der Waals surface area contributed by atoms with Crippen LogP contribution in [0.15, 0.2) is 23.8 Å². The molecule has 0 saturated carbocycles. The van der Waals surface area contributed by atoms with E-state index in [2.05, 4.69) is 24.4 Å². The second kappa shape index (κ2) is 9.46. The molecule has 7 heteroatoms. The van der Waals surface area contributed by atoms with Crippen LogP contribution in [0.1, 0.15) is 58.8 Å². The van der Waals surface area contributed by atoms with Gasteiger partial charge in [-0.05, 0) is 44.9 Å². The van der Waals surface area contributed by atoms with Crippen molar-refractivity contribution in [1.82, 2.24) is 5.32 Å². The molecule has 3 rings (SSSR count). The number of fused-ring (bicyclic) bond motifs is 2. The largest absolute Gasteiger partial charge is 0.459 e. The standard InChI is InChI=1S/C21H31NO5S/c1-14-5-3-4-6-15(2)11-19(23)26-17-12-16(8-7-14)27-21(25,13-17)18-9-10-28-20(24)22-18/h3,5,11,14,16-18,25H,4,6-10,12-13H2,1-2H3,(H,22,24)/t14-,16-,17-,18+,21-/m1/s1. The van der Waals surface area contributed by atoms with Gasteiger partial charge in [0.15, 0.2) is 5.79 Å². The van der Waals surface area contributed by atoms with Gasteiger partial charge >= 0.3 is 5.97 Å². The van der Waals surface area contributed by atoms with E-state index < -0.39 is 17.9 Å². The summed E-state index contributed by atoms with van der Waals surface area (Å²) in [6, 6.07) is -0.487. The van der Waals surface area contributed by atoms with Crippen LogP contribution in [0.2, 0.25) is 0 Å². The van der Waals surface area contributed by atoms with Crippen molar-refractivity contribution in [2.75, 3.05) is 5.75 Å². The van der Waals surface area contributed by atoms with E-state index >= 15 is 0 Å². The van der Waals surface area contributed by atoms with E-state index in [1.807, 2.05) is 6.92 Å². The van der Waals surface area contributed by atoms with E-state index in [1.165, 1.54) is 11.8 Å². The Morgan fingerprint density at radius 1 is 1.25 bits per heavy atom. The quantitative estimate of drug-likeness (QED) is 0.507. The van der Waals surface area contributed by atoms with Gasteiger partial charge in [0.1, 0.15) is 6.10 Å². The number of carbonyl (C=O) groups excluding carboxylic acids is 2. The average Bonchev–Trinajstić information content (AvgIpc) is 2.62. The summed E-state index contributed by atoms with van der Waals surface area (Å²) in [7, 11) is 0. The monoisotopic (exact) mass is 409 g/mol. The van der Waals surface area contributed by atoms with E-state index in [0.717, 1.165) is 31.3 Å². The molecule has 0 aromatic heterocycles. The number of ether oxygens (including phenoxy) is 2. The molecule has 0 aromatic rings. The Bertz CT molecular complexity index is 649. The fourth-order valence-electron chi connectivity index (χ4n) is 4.10. The predicted octanol–water partition coefficient (Wildman–Crippen LogP) is 3.69. The number of aliphatic hydroxyl groups is 1. The van der Waals surface area contributed by atoms with Gasteiger partial charge < -0.3 is 19.9 Å². The third-order valence-electron chi connectivity index (χ3n) is 5.65. The molecule has 0 aliphatic carbocycles. The molecule has 2 N–H and O–H groups in total. The minimum Gasteiger partial charge on any atom is -0.459 e. The Morgan fingerprint density at radius 2 is 2.07 bits per heavy atom. The highest BCUT2D eigenvalue weighted by molar-refractivity contribution is 8.13. The van der Waals surface area contributed by atoms with Crippen molar-refractivity contribution >= 4 is 23.0 Å². The van der Waals surface area contributed by atoms with Gasteiger partial charge in [0.2, 0.25) is 0 Å². The molecular formula is C21H31NO5S. The Kier molecular flexibility index (Phi) is 7.23. The smallest absolute Gasteiger partial charge is 0.330 e. The van der Waals surface area contributed by atoms with Crippen molar-refractivity contribution < 1.29 is 24.2 Å². The zero-order valence-electron chi connectivity index (χ0n) is 16.7. The van der Waals surface area contributed by atoms with Crippen molar-refractivity contribution in [3.63, 3.8) is 0 Å². The molecule has 2 fully saturated rings. The van der Waals surface area contributed by atoms with Crippen molar-refractivity contribution in [3.8, 4) is 0 Å². The summed E-state index contributed by atoms with van der Waals surface area (Å²) in [4.78, 5) is 24.1. The molecule has 0 spiro atoms. The molecule has 3 aliphatic rings. The first-order chi connectivity index (χ1) is 13.3. The van der Waals surface area contributed by atoms with Gasteiger partial charge in [0.25, 0.3) is 5.24 Å². The molecule has 156 valence electrons. The Labute approximate surface area is 171 Å². The van der Waals surface area contributed by atoms with E-state index in [9.17, 15) is 14.7 Å². The Balaban J connectivity index is 1.79. The molecular weight excluding hydrogens is 378 g/mol. The maximum Gasteiger partial charge on any atom is 0.330 e. The van der Waals surface area contributed by atoms with Gasteiger partial charge in [-0.25, -0.2) is 4.79 Å². The highest BCUT2D eigenvalue weighted by atomic mass is 32.2. The second-order valence-electron chi connectivity index (χ2n) is 8.22. The number of amides is 1. The van der Waals surface area contributed by atoms with Crippen LogP contribution in [0, 0.1) is 5.92 Å². The fourth-order valence-corrected chi connectivity index (χ4v) is 4.86. The lowest BCUT2D eigenvalue weighted by Crippen LogP contribution is -2.60. The molecule has 2 bridgehead atoms. The molecule has 3 heterocycles. The molecule has 28 heavy (non-hydrogen) atoms. The first-order valence-electron chi connectivity index (χ1n) is 10.2. The lowest BCUT2D eigenvalue weighted by molar-refractivity contribution is -0.287. The van der Waals surface area contributed by atoms with Crippen molar-refractivity contribution in [1.29, 1.82) is 0 Å². The Hall–Kier alpha value is -1.31. The molecule has 6 nitrogen and oxygen atoms in total. The first kappa shape index (κ1) is 21.4. The van der Waals surface area contributed by atoms with Gasteiger partial charge in [-0.15, -0.1) is 0 Å². The third kappa shape index (κ3) is 5.84. The highest BCUT2D eigenvalue weighted by Gasteiger charge is 2.48. The van der Waals surface area contributed by atoms with Crippen LogP contribution < -0.4 is 5.32 Å². The number of hydrogen-bond acceptors (Lipinski definition) is 6. The van der Waals surface area contributed by atoms with Crippen LogP contribution in [0.4, 0.5) is 4.79 Å². The van der Waals surface area contributed by atoms with Gasteiger partial charge in [0.05, 0.1) is 12.1 Å². The summed E-state index contributed by atoms with van der Waals surface area (Å²) in [5, 5.41) is 13.9. The number of thioether (sulfide) groups is 1. The SMILES string of the molecule is CC1=CC(=O)O[C@@H]2C[C@@H](CC[C@H](C)C=CCC1)O[C@@](O)([C@@H]1CCSC(=O)N1)C2. The molecule has 0 aromatic carbocycles. The number of carbonyl (C=O) groups is 2. The number of rotatable bonds is 1. The van der Waals surface area contributed by atoms with Crippen LogP contribution in [-0.2, 0) is 14.3 Å². The summed E-state index contributed by atoms with van der Waals surface area (Å²) >= 11 is 1.21. The zero-order valence-corrected chi connectivity index (χ0v) is 17.5. The number of nitrogens with one attached hydrogen (secondary N) is 1. The number of allylic oxidation sites excluding steroid dienone is 3. The number of esters is 1. The van der Waals surface area contributed by atoms with Gasteiger partial charge in [-0.2, -0.15) is 0 Å². The summed E-state index contributed by atoms with van der Waals surface area (Å²) in [6.45, 7) is 4.11. The lowest BCUT2D eigenvalue weighted by atomic mass is 9.89. The Morgan fingerprint density at radius 3 is 2.86 bits per heavy atom. The summed E-state index contributed by atoms with van der Waals surface area (Å²) in [5.41, 5.74) is 0.981. The lowest BCUT2D eigenvalue weighted by Gasteiger charge is -2.46. The summed E-state index contributed by atoms with van der Waals surface area (Å²) in [6.07, 6.45) is 10.1. The minimum atomic E-state index is -1.51. The van der Waals surface area contributed by atoms with Gasteiger partial charge in [0, 0.05) is 24.7 Å². The summed E-state index contributed by atoms with van der Waals surface area (Å²) in [5.74, 6) is -0.832. The van der Waals surface area contributed by atoms with Gasteiger partial charge in [-0.3, -0.25) is 4.79 Å². The normalized spacial score (nSPS) is 38.0. The molecule has 0 unspecified atom stereocenters. The summed E-state index contributed by atoms with van der Waals surface area (Å²) < 4.78 is 11.8. The average molecular weight is 410 g/mol. The zero-order chi connectivity index (χ0) is 20.1. The van der Waals surface area contributed by atoms with Crippen LogP contribution in [0.5, 0.6) is 0 Å². The predicted molar refractivity (Wildman–Crippen MR) is 109 cm³/mol. The molecule has 2 saturated heterocycles. The topological polar surface area (TPSA) is 84.9 Å². The molecule has 0 radical (unpaired) electrons. The first-order valence-corrected chi connectivity index (χ1v) is 11.2. The van der Waals surface area contributed by atoms with Crippen molar-refractivity contribution in [2.24, 2.45) is 5.92 Å². The van der Waals surface area contributed by atoms with Crippen LogP contribution in [-0.4, -0.2) is 46.1 Å².